The molecule has 0 aliphatic rings. The van der Waals surface area contributed by atoms with Crippen LogP contribution in [0.3, 0.4) is 0 Å². The SMILES string of the molecule is C[C@H](NC(=O)COC(=O)c1ccc2nccnc2c1)c1ccc(Cl)c(Cl)c1. The van der Waals surface area contributed by atoms with Gasteiger partial charge in [-0.05, 0) is 42.8 Å². The first kappa shape index (κ1) is 19.1. The summed E-state index contributed by atoms with van der Waals surface area (Å²) in [5, 5.41) is 3.58. The van der Waals surface area contributed by atoms with Crippen LogP contribution < -0.4 is 5.32 Å². The Balaban J connectivity index is 1.57. The predicted octanol–water partition coefficient (Wildman–Crippen LogP) is 3.97. The molecule has 27 heavy (non-hydrogen) atoms. The lowest BCUT2D eigenvalue weighted by Crippen LogP contribution is -2.31. The third-order valence-electron chi connectivity index (χ3n) is 3.86. The lowest BCUT2D eigenvalue weighted by molar-refractivity contribution is -0.124. The zero-order valence-corrected chi connectivity index (χ0v) is 15.8. The van der Waals surface area contributed by atoms with Crippen molar-refractivity contribution >= 4 is 46.1 Å². The van der Waals surface area contributed by atoms with E-state index in [0.29, 0.717) is 26.6 Å². The molecule has 1 N–H and O–H groups in total. The predicted molar refractivity (Wildman–Crippen MR) is 103 cm³/mol. The number of nitrogens with one attached hydrogen (secondary N) is 1. The zero-order chi connectivity index (χ0) is 19.4. The third-order valence-corrected chi connectivity index (χ3v) is 4.60. The number of carbonyl (C=O) groups is 2. The molecule has 3 aromatic rings. The van der Waals surface area contributed by atoms with Crippen LogP contribution in [0.4, 0.5) is 0 Å². The van der Waals surface area contributed by atoms with E-state index < -0.39 is 18.5 Å². The van der Waals surface area contributed by atoms with Gasteiger partial charge in [0.2, 0.25) is 0 Å². The molecule has 3 rings (SSSR count). The maximum atomic E-state index is 12.1. The molecule has 1 amide bonds. The Kier molecular flexibility index (Phi) is 5.88. The minimum atomic E-state index is -0.611. The van der Waals surface area contributed by atoms with Crippen molar-refractivity contribution in [1.82, 2.24) is 15.3 Å². The number of rotatable bonds is 5. The van der Waals surface area contributed by atoms with E-state index in [1.54, 1.807) is 49.5 Å². The van der Waals surface area contributed by atoms with Crippen LogP contribution in [0.25, 0.3) is 11.0 Å². The number of nitrogens with zero attached hydrogens (tertiary/aromatic N) is 2. The fraction of sp³-hybridized carbons (Fsp3) is 0.158. The summed E-state index contributed by atoms with van der Waals surface area (Å²) in [5.74, 6) is -1.04. The van der Waals surface area contributed by atoms with Crippen LogP contribution in [0, 0.1) is 0 Å². The Hall–Kier alpha value is -2.70. The highest BCUT2D eigenvalue weighted by atomic mass is 35.5. The Bertz CT molecular complexity index is 1010. The number of hydrogen-bond donors (Lipinski definition) is 1. The standard InChI is InChI=1S/C19H15Cl2N3O3/c1-11(12-2-4-14(20)15(21)8-12)24-18(25)10-27-19(26)13-3-5-16-17(9-13)23-7-6-22-16/h2-9,11H,10H2,1H3,(H,24,25)/t11-/m0/s1. The van der Waals surface area contributed by atoms with Gasteiger partial charge in [-0.2, -0.15) is 0 Å². The van der Waals surface area contributed by atoms with Crippen LogP contribution in [0.2, 0.25) is 10.0 Å². The number of halogens is 2. The molecular weight excluding hydrogens is 389 g/mol. The molecule has 0 aliphatic carbocycles. The Morgan fingerprint density at radius 1 is 1.04 bits per heavy atom. The van der Waals surface area contributed by atoms with Crippen LogP contribution in [-0.2, 0) is 9.53 Å². The first-order valence-electron chi connectivity index (χ1n) is 8.06. The van der Waals surface area contributed by atoms with Crippen LogP contribution in [0.15, 0.2) is 48.8 Å². The van der Waals surface area contributed by atoms with Gasteiger partial charge >= 0.3 is 5.97 Å². The van der Waals surface area contributed by atoms with E-state index >= 15 is 0 Å². The minimum absolute atomic E-state index is 0.299. The second kappa shape index (κ2) is 8.33. The summed E-state index contributed by atoms with van der Waals surface area (Å²) in [6.07, 6.45) is 3.11. The molecule has 0 aliphatic heterocycles. The highest BCUT2D eigenvalue weighted by Crippen LogP contribution is 2.25. The monoisotopic (exact) mass is 403 g/mol. The van der Waals surface area contributed by atoms with Gasteiger partial charge in [0.05, 0.1) is 32.7 Å². The van der Waals surface area contributed by atoms with Crippen molar-refractivity contribution in [2.75, 3.05) is 6.61 Å². The lowest BCUT2D eigenvalue weighted by atomic mass is 10.1. The van der Waals surface area contributed by atoms with E-state index in [0.717, 1.165) is 5.56 Å². The van der Waals surface area contributed by atoms with E-state index in [1.165, 1.54) is 6.20 Å². The van der Waals surface area contributed by atoms with Crippen LogP contribution in [0.5, 0.6) is 0 Å². The van der Waals surface area contributed by atoms with Gasteiger partial charge in [0.25, 0.3) is 5.91 Å². The molecule has 1 atom stereocenters. The summed E-state index contributed by atoms with van der Waals surface area (Å²) in [4.78, 5) is 32.5. The fourth-order valence-corrected chi connectivity index (χ4v) is 2.76. The fourth-order valence-electron chi connectivity index (χ4n) is 2.45. The summed E-state index contributed by atoms with van der Waals surface area (Å²) < 4.78 is 5.07. The zero-order valence-electron chi connectivity index (χ0n) is 14.3. The summed E-state index contributed by atoms with van der Waals surface area (Å²) >= 11 is 11.9. The number of ether oxygens (including phenoxy) is 1. The van der Waals surface area contributed by atoms with Crippen molar-refractivity contribution < 1.29 is 14.3 Å². The molecule has 0 saturated heterocycles. The molecule has 0 radical (unpaired) electrons. The minimum Gasteiger partial charge on any atom is -0.452 e. The van der Waals surface area contributed by atoms with Crippen LogP contribution in [-0.4, -0.2) is 28.5 Å². The van der Waals surface area contributed by atoms with Gasteiger partial charge in [-0.1, -0.05) is 29.3 Å². The van der Waals surface area contributed by atoms with Gasteiger partial charge < -0.3 is 10.1 Å². The van der Waals surface area contributed by atoms with Crippen molar-refractivity contribution in [3.05, 3.63) is 70.0 Å². The maximum absolute atomic E-state index is 12.1. The van der Waals surface area contributed by atoms with Crippen LogP contribution in [0.1, 0.15) is 28.9 Å². The van der Waals surface area contributed by atoms with Crippen molar-refractivity contribution in [2.24, 2.45) is 0 Å². The summed E-state index contributed by atoms with van der Waals surface area (Å²) in [7, 11) is 0. The Labute approximate surface area is 165 Å². The highest BCUT2D eigenvalue weighted by Gasteiger charge is 2.14. The van der Waals surface area contributed by atoms with Gasteiger partial charge in [0.1, 0.15) is 0 Å². The summed E-state index contributed by atoms with van der Waals surface area (Å²) in [6.45, 7) is 1.39. The number of aromatic nitrogens is 2. The average molecular weight is 404 g/mol. The smallest absolute Gasteiger partial charge is 0.338 e. The third kappa shape index (κ3) is 4.72. The molecule has 6 nitrogen and oxygen atoms in total. The molecule has 0 unspecified atom stereocenters. The maximum Gasteiger partial charge on any atom is 0.338 e. The second-order valence-corrected chi connectivity index (χ2v) is 6.61. The molecule has 0 fully saturated rings. The number of hydrogen-bond acceptors (Lipinski definition) is 5. The number of amides is 1. The van der Waals surface area contributed by atoms with Crippen LogP contribution >= 0.6 is 23.2 Å². The molecule has 1 heterocycles. The average Bonchev–Trinajstić information content (AvgIpc) is 2.67. The number of carbonyl (C=O) groups excluding carboxylic acids is 2. The van der Waals surface area contributed by atoms with E-state index in [4.69, 9.17) is 27.9 Å². The van der Waals surface area contributed by atoms with E-state index in [-0.39, 0.29) is 6.04 Å². The van der Waals surface area contributed by atoms with Gasteiger partial charge in [-0.25, -0.2) is 4.79 Å². The molecule has 1 aromatic heterocycles. The quantitative estimate of drug-likeness (QED) is 0.651. The summed E-state index contributed by atoms with van der Waals surface area (Å²) in [5.41, 5.74) is 2.33. The van der Waals surface area contributed by atoms with Crippen molar-refractivity contribution in [3.63, 3.8) is 0 Å². The molecule has 0 bridgehead atoms. The van der Waals surface area contributed by atoms with Gasteiger partial charge in [0.15, 0.2) is 6.61 Å². The Morgan fingerprint density at radius 3 is 2.52 bits per heavy atom. The molecule has 138 valence electrons. The summed E-state index contributed by atoms with van der Waals surface area (Å²) in [6, 6.07) is 9.60. The van der Waals surface area contributed by atoms with Gasteiger partial charge in [-0.3, -0.25) is 14.8 Å². The van der Waals surface area contributed by atoms with Crippen molar-refractivity contribution in [2.45, 2.75) is 13.0 Å². The molecule has 0 spiro atoms. The van der Waals surface area contributed by atoms with Gasteiger partial charge in [0, 0.05) is 12.4 Å². The number of esters is 1. The Morgan fingerprint density at radius 2 is 1.78 bits per heavy atom. The number of fused-ring (bicyclic) bond motifs is 1. The molecule has 2 aromatic carbocycles. The second-order valence-electron chi connectivity index (χ2n) is 5.80. The van der Waals surface area contributed by atoms with E-state index in [1.807, 2.05) is 0 Å². The topological polar surface area (TPSA) is 81.2 Å². The largest absolute Gasteiger partial charge is 0.452 e. The molecule has 0 saturated carbocycles. The van der Waals surface area contributed by atoms with E-state index in [9.17, 15) is 9.59 Å². The normalized spacial score (nSPS) is 11.8. The lowest BCUT2D eigenvalue weighted by Gasteiger charge is -2.15. The highest BCUT2D eigenvalue weighted by molar-refractivity contribution is 6.42. The van der Waals surface area contributed by atoms with Crippen molar-refractivity contribution in [3.8, 4) is 0 Å². The first-order valence-corrected chi connectivity index (χ1v) is 8.82. The first-order chi connectivity index (χ1) is 12.9. The van der Waals surface area contributed by atoms with Crippen molar-refractivity contribution in [1.29, 1.82) is 0 Å². The molecular formula is C19H15Cl2N3O3. The van der Waals surface area contributed by atoms with E-state index in [2.05, 4.69) is 15.3 Å². The molecule has 8 heteroatoms. The number of benzene rings is 2. The van der Waals surface area contributed by atoms with Gasteiger partial charge in [-0.15, -0.1) is 0 Å².